The number of hydrogen-bond donors (Lipinski definition) is 1. The molecule has 2 nitrogen and oxygen atoms in total. The van der Waals surface area contributed by atoms with Gasteiger partial charge >= 0.3 is 0 Å². The van der Waals surface area contributed by atoms with Gasteiger partial charge in [0.15, 0.2) is 0 Å². The molecule has 2 aromatic carbocycles. The van der Waals surface area contributed by atoms with Gasteiger partial charge in [0, 0.05) is 22.3 Å². The second-order valence-electron chi connectivity index (χ2n) is 6.46. The summed E-state index contributed by atoms with van der Waals surface area (Å²) in [5.74, 6) is 0.0156. The minimum absolute atomic E-state index is 0.0481. The predicted octanol–water partition coefficient (Wildman–Crippen LogP) is 5.19. The van der Waals surface area contributed by atoms with Crippen LogP contribution in [0.5, 0.6) is 0 Å². The summed E-state index contributed by atoms with van der Waals surface area (Å²) in [4.78, 5) is 13.9. The van der Waals surface area contributed by atoms with Gasteiger partial charge in [-0.25, -0.2) is 4.39 Å². The lowest BCUT2D eigenvalue weighted by molar-refractivity contribution is -0.122. The molecule has 0 spiro atoms. The first-order chi connectivity index (χ1) is 11.6. The monoisotopic (exact) mass is 339 g/mol. The zero-order chi connectivity index (χ0) is 16.7. The fourth-order valence-corrected chi connectivity index (χ4v) is 4.89. The Bertz CT molecular complexity index is 815. The Morgan fingerprint density at radius 3 is 2.67 bits per heavy atom. The van der Waals surface area contributed by atoms with E-state index in [4.69, 9.17) is 0 Å². The number of benzene rings is 2. The van der Waals surface area contributed by atoms with E-state index in [-0.39, 0.29) is 28.7 Å². The van der Waals surface area contributed by atoms with Crippen LogP contribution in [0.4, 0.5) is 10.1 Å². The molecule has 0 bridgehead atoms. The minimum atomic E-state index is -0.254. The summed E-state index contributed by atoms with van der Waals surface area (Å²) in [6.07, 6.45) is 2.73. The second-order valence-corrected chi connectivity index (χ2v) is 7.64. The van der Waals surface area contributed by atoms with E-state index in [0.717, 1.165) is 21.8 Å². The number of carbonyl (C=O) groups excluding carboxylic acids is 1. The lowest BCUT2D eigenvalue weighted by Crippen LogP contribution is -2.30. The van der Waals surface area contributed by atoms with Crippen LogP contribution >= 0.6 is 11.8 Å². The molecule has 0 saturated heterocycles. The number of nitrogens with one attached hydrogen (secondary N) is 1. The molecule has 0 saturated carbocycles. The van der Waals surface area contributed by atoms with Gasteiger partial charge in [-0.05, 0) is 35.7 Å². The molecule has 0 unspecified atom stereocenters. The lowest BCUT2D eigenvalue weighted by Gasteiger charge is -2.30. The Balaban J connectivity index is 1.85. The SMILES string of the molecule is C[C@H]1C=C2Nc3ccccc3S[C@H](c3ccc(F)cc3)[C@H]2C(=O)C1. The molecule has 2 aromatic rings. The third-order valence-electron chi connectivity index (χ3n) is 4.59. The van der Waals surface area contributed by atoms with Gasteiger partial charge in [0.1, 0.15) is 11.6 Å². The van der Waals surface area contributed by atoms with Crippen LogP contribution in [0, 0.1) is 17.7 Å². The van der Waals surface area contributed by atoms with Gasteiger partial charge in [-0.3, -0.25) is 4.79 Å². The van der Waals surface area contributed by atoms with Gasteiger partial charge in [-0.15, -0.1) is 11.8 Å². The molecule has 0 radical (unpaired) electrons. The van der Waals surface area contributed by atoms with E-state index in [1.165, 1.54) is 12.1 Å². The molecule has 1 N–H and O–H groups in total. The van der Waals surface area contributed by atoms with Crippen LogP contribution in [-0.2, 0) is 4.79 Å². The average Bonchev–Trinajstić information content (AvgIpc) is 2.72. The van der Waals surface area contributed by atoms with Gasteiger partial charge in [0.05, 0.1) is 11.6 Å². The van der Waals surface area contributed by atoms with E-state index < -0.39 is 0 Å². The van der Waals surface area contributed by atoms with Gasteiger partial charge in [0.2, 0.25) is 0 Å². The van der Waals surface area contributed by atoms with Crippen LogP contribution < -0.4 is 5.32 Å². The molecule has 3 atom stereocenters. The van der Waals surface area contributed by atoms with Gasteiger partial charge < -0.3 is 5.32 Å². The molecular weight excluding hydrogens is 321 g/mol. The first kappa shape index (κ1) is 15.5. The van der Waals surface area contributed by atoms with Crippen LogP contribution in [-0.4, -0.2) is 5.78 Å². The number of rotatable bonds is 1. The Morgan fingerprint density at radius 2 is 1.88 bits per heavy atom. The fraction of sp³-hybridized carbons (Fsp3) is 0.250. The van der Waals surface area contributed by atoms with Crippen molar-refractivity contribution in [3.05, 3.63) is 71.7 Å². The van der Waals surface area contributed by atoms with E-state index in [1.807, 2.05) is 18.2 Å². The van der Waals surface area contributed by atoms with Crippen LogP contribution in [0.2, 0.25) is 0 Å². The standard InChI is InChI=1S/C20H18FNOS/c1-12-10-16-19(17(23)11-12)20(13-6-8-14(21)9-7-13)24-18-5-3-2-4-15(18)22-16/h2-10,12,19-20,22H,11H2,1H3/t12-,19+,20+/m0/s1. The van der Waals surface area contributed by atoms with Crippen molar-refractivity contribution in [2.24, 2.45) is 11.8 Å². The van der Waals surface area contributed by atoms with E-state index in [2.05, 4.69) is 24.4 Å². The zero-order valence-electron chi connectivity index (χ0n) is 13.3. The number of hydrogen-bond acceptors (Lipinski definition) is 3. The van der Waals surface area contributed by atoms with Gasteiger partial charge in [-0.2, -0.15) is 0 Å². The van der Waals surface area contributed by atoms with Crippen molar-refractivity contribution in [1.82, 2.24) is 0 Å². The third-order valence-corrected chi connectivity index (χ3v) is 6.00. The summed E-state index contributed by atoms with van der Waals surface area (Å²) in [5.41, 5.74) is 2.99. The molecular formula is C20H18FNOS. The number of carbonyl (C=O) groups is 1. The molecule has 0 aromatic heterocycles. The predicted molar refractivity (Wildman–Crippen MR) is 95.4 cm³/mol. The molecule has 2 aliphatic rings. The number of para-hydroxylation sites is 1. The number of allylic oxidation sites excluding steroid dienone is 2. The van der Waals surface area contributed by atoms with Crippen molar-refractivity contribution in [3.8, 4) is 0 Å². The summed E-state index contributed by atoms with van der Waals surface area (Å²) in [6, 6.07) is 14.6. The maximum absolute atomic E-state index is 13.3. The van der Waals surface area contributed by atoms with Crippen LogP contribution in [0.15, 0.2) is 65.2 Å². The Kier molecular flexibility index (Phi) is 3.93. The average molecular weight is 339 g/mol. The van der Waals surface area contributed by atoms with E-state index in [1.54, 1.807) is 23.9 Å². The summed E-state index contributed by atoms with van der Waals surface area (Å²) >= 11 is 1.68. The largest absolute Gasteiger partial charge is 0.358 e. The van der Waals surface area contributed by atoms with Crippen molar-refractivity contribution >= 4 is 23.2 Å². The number of thioether (sulfide) groups is 1. The number of anilines is 1. The Labute approximate surface area is 145 Å². The summed E-state index contributed by atoms with van der Waals surface area (Å²) < 4.78 is 13.3. The van der Waals surface area contributed by atoms with Crippen LogP contribution in [0.25, 0.3) is 0 Å². The molecule has 1 heterocycles. The van der Waals surface area contributed by atoms with Crippen LogP contribution in [0.3, 0.4) is 0 Å². The normalized spacial score (nSPS) is 25.8. The summed E-state index contributed by atoms with van der Waals surface area (Å²) in [6.45, 7) is 2.07. The van der Waals surface area contributed by atoms with Crippen molar-refractivity contribution in [3.63, 3.8) is 0 Å². The third kappa shape index (κ3) is 2.75. The second kappa shape index (κ2) is 6.10. The maximum atomic E-state index is 13.3. The topological polar surface area (TPSA) is 29.1 Å². The first-order valence-electron chi connectivity index (χ1n) is 8.14. The summed E-state index contributed by atoms with van der Waals surface area (Å²) in [5, 5.41) is 3.43. The molecule has 24 heavy (non-hydrogen) atoms. The number of ketones is 1. The number of halogens is 1. The van der Waals surface area contributed by atoms with E-state index >= 15 is 0 Å². The Morgan fingerprint density at radius 1 is 1.12 bits per heavy atom. The van der Waals surface area contributed by atoms with E-state index in [0.29, 0.717) is 6.42 Å². The highest BCUT2D eigenvalue weighted by Gasteiger charge is 2.39. The lowest BCUT2D eigenvalue weighted by atomic mass is 9.81. The number of Topliss-reactive ketones (excluding diaryl/α,β-unsaturated/α-hetero) is 1. The smallest absolute Gasteiger partial charge is 0.143 e. The van der Waals surface area contributed by atoms with Gasteiger partial charge in [-0.1, -0.05) is 37.3 Å². The molecule has 4 rings (SSSR count). The molecule has 4 heteroatoms. The van der Waals surface area contributed by atoms with E-state index in [9.17, 15) is 9.18 Å². The fourth-order valence-electron chi connectivity index (χ4n) is 3.48. The zero-order valence-corrected chi connectivity index (χ0v) is 14.1. The molecule has 0 fully saturated rings. The van der Waals surface area contributed by atoms with Crippen molar-refractivity contribution in [2.45, 2.75) is 23.5 Å². The van der Waals surface area contributed by atoms with Crippen molar-refractivity contribution < 1.29 is 9.18 Å². The molecule has 0 amide bonds. The molecule has 122 valence electrons. The molecule has 1 aliphatic heterocycles. The van der Waals surface area contributed by atoms with Crippen molar-refractivity contribution in [2.75, 3.05) is 5.32 Å². The number of fused-ring (bicyclic) bond motifs is 2. The highest BCUT2D eigenvalue weighted by atomic mass is 32.2. The Hall–Kier alpha value is -2.07. The minimum Gasteiger partial charge on any atom is -0.358 e. The summed E-state index contributed by atoms with van der Waals surface area (Å²) in [7, 11) is 0. The van der Waals surface area contributed by atoms with Crippen molar-refractivity contribution in [1.29, 1.82) is 0 Å². The highest BCUT2D eigenvalue weighted by Crippen LogP contribution is 2.50. The van der Waals surface area contributed by atoms with Crippen LogP contribution in [0.1, 0.15) is 24.2 Å². The first-order valence-corrected chi connectivity index (χ1v) is 9.02. The van der Waals surface area contributed by atoms with Gasteiger partial charge in [0.25, 0.3) is 0 Å². The maximum Gasteiger partial charge on any atom is 0.143 e. The molecule has 1 aliphatic carbocycles. The quantitative estimate of drug-likeness (QED) is 0.775. The highest BCUT2D eigenvalue weighted by molar-refractivity contribution is 7.99.